The number of fused-ring (bicyclic) bond motifs is 1. The molecule has 0 spiro atoms. The molecule has 4 N–H and O–H groups in total. The highest BCUT2D eigenvalue weighted by molar-refractivity contribution is 5.90. The number of hydrogen-bond acceptors (Lipinski definition) is 11. The molecule has 0 unspecified atom stereocenters. The van der Waals surface area contributed by atoms with Crippen molar-refractivity contribution in [3.8, 4) is 5.75 Å². The molecule has 0 atom stereocenters. The van der Waals surface area contributed by atoms with Gasteiger partial charge in [-0.3, -0.25) is 4.90 Å². The van der Waals surface area contributed by atoms with Crippen molar-refractivity contribution < 1.29 is 58.3 Å². The topological polar surface area (TPSA) is 209 Å². The lowest BCUT2D eigenvalue weighted by Gasteiger charge is -2.32. The summed E-state index contributed by atoms with van der Waals surface area (Å²) in [5, 5.41) is 36.9. The van der Waals surface area contributed by atoms with E-state index in [-0.39, 0.29) is 6.29 Å². The molecule has 4 rings (SSSR count). The Labute approximate surface area is 279 Å². The van der Waals surface area contributed by atoms with E-state index in [2.05, 4.69) is 55.0 Å². The number of aliphatic carboxylic acids is 4. The molecule has 1 aromatic carbocycles. The van der Waals surface area contributed by atoms with Gasteiger partial charge in [0.2, 0.25) is 0 Å². The molecule has 1 aromatic heterocycles. The summed E-state index contributed by atoms with van der Waals surface area (Å²) in [6.07, 6.45) is 6.76. The molecule has 0 bridgehead atoms. The second kappa shape index (κ2) is 20.8. The summed E-state index contributed by atoms with van der Waals surface area (Å²) in [6.45, 7) is 10.4. The Balaban J connectivity index is 0.000000414. The maximum Gasteiger partial charge on any atom is 0.328 e. The molecular formula is C33H47N3O12. The standard InChI is InChI=1S/C25H39N3O4.2C4H4O4/c1-18(2)17-31-23-8-6-20-22(26-32-25(20)21(23)15-27(3)4)7-5-19-9-11-28(12-10-19)16-24-29-13-14-30-24;2*5-3(6)1-2-4(7)8/h6,8,18-19,24H,5,7,9-17H2,1-4H3;2*1-2H,(H,5,6)(H,7,8)/b;2*2-1+. The summed E-state index contributed by atoms with van der Waals surface area (Å²) in [5.41, 5.74) is 3.04. The quantitative estimate of drug-likeness (QED) is 0.211. The van der Waals surface area contributed by atoms with Crippen molar-refractivity contribution in [1.82, 2.24) is 15.0 Å². The molecule has 2 saturated heterocycles. The molecule has 15 heteroatoms. The largest absolute Gasteiger partial charge is 0.493 e. The molecule has 15 nitrogen and oxygen atoms in total. The van der Waals surface area contributed by atoms with Gasteiger partial charge in [0.05, 0.1) is 31.1 Å². The van der Waals surface area contributed by atoms with Crippen LogP contribution in [0.1, 0.15) is 44.4 Å². The van der Waals surface area contributed by atoms with E-state index in [4.69, 9.17) is 39.2 Å². The maximum absolute atomic E-state index is 9.55. The highest BCUT2D eigenvalue weighted by Crippen LogP contribution is 2.33. The smallest absolute Gasteiger partial charge is 0.328 e. The average molecular weight is 678 g/mol. The lowest BCUT2D eigenvalue weighted by molar-refractivity contribution is -0.134. The van der Waals surface area contributed by atoms with Crippen molar-refractivity contribution in [3.63, 3.8) is 0 Å². The monoisotopic (exact) mass is 677 g/mol. The van der Waals surface area contributed by atoms with E-state index >= 15 is 0 Å². The van der Waals surface area contributed by atoms with Crippen LogP contribution in [0.2, 0.25) is 0 Å². The van der Waals surface area contributed by atoms with E-state index in [9.17, 15) is 19.2 Å². The first-order valence-electron chi connectivity index (χ1n) is 15.7. The van der Waals surface area contributed by atoms with Crippen molar-refractivity contribution >= 4 is 34.8 Å². The number of piperidine rings is 1. The Hall–Kier alpha value is -4.31. The second-order valence-electron chi connectivity index (χ2n) is 12.0. The first-order valence-corrected chi connectivity index (χ1v) is 15.7. The molecule has 2 aliphatic heterocycles. The summed E-state index contributed by atoms with van der Waals surface area (Å²) in [5.74, 6) is -2.91. The van der Waals surface area contributed by atoms with Gasteiger partial charge in [-0.1, -0.05) is 19.0 Å². The van der Waals surface area contributed by atoms with Gasteiger partial charge in [-0.2, -0.15) is 0 Å². The third-order valence-electron chi connectivity index (χ3n) is 7.15. The fourth-order valence-corrected chi connectivity index (χ4v) is 4.94. The minimum Gasteiger partial charge on any atom is -0.493 e. The number of likely N-dealkylation sites (tertiary alicyclic amines) is 1. The van der Waals surface area contributed by atoms with Crippen LogP contribution in [-0.4, -0.2) is 119 Å². The number of benzene rings is 1. The third-order valence-corrected chi connectivity index (χ3v) is 7.15. The predicted octanol–water partition coefficient (Wildman–Crippen LogP) is 3.37. The minimum absolute atomic E-state index is 0.0289. The number of rotatable bonds is 14. The van der Waals surface area contributed by atoms with Gasteiger partial charge in [0.25, 0.3) is 0 Å². The van der Waals surface area contributed by atoms with Gasteiger partial charge in [-0.25, -0.2) is 19.2 Å². The Kier molecular flexibility index (Phi) is 17.3. The van der Waals surface area contributed by atoms with E-state index in [1.54, 1.807) is 0 Å². The Morgan fingerprint density at radius 2 is 1.48 bits per heavy atom. The number of carboxylic acids is 4. The van der Waals surface area contributed by atoms with Gasteiger partial charge in [0, 0.05) is 42.8 Å². The van der Waals surface area contributed by atoms with Gasteiger partial charge in [-0.15, -0.1) is 0 Å². The zero-order chi connectivity index (χ0) is 35.6. The first kappa shape index (κ1) is 39.9. The molecule has 2 aliphatic rings. The van der Waals surface area contributed by atoms with Crippen molar-refractivity contribution in [3.05, 3.63) is 47.7 Å². The van der Waals surface area contributed by atoms with Crippen LogP contribution in [0.3, 0.4) is 0 Å². The molecule has 0 radical (unpaired) electrons. The van der Waals surface area contributed by atoms with Gasteiger partial charge < -0.3 is 44.1 Å². The summed E-state index contributed by atoms with van der Waals surface area (Å²) in [4.78, 5) is 42.8. The zero-order valence-electron chi connectivity index (χ0n) is 27.9. The molecule has 0 aliphatic carbocycles. The minimum atomic E-state index is -1.26. The highest BCUT2D eigenvalue weighted by Gasteiger charge is 2.25. The van der Waals surface area contributed by atoms with E-state index in [1.807, 2.05) is 0 Å². The summed E-state index contributed by atoms with van der Waals surface area (Å²) >= 11 is 0. The third kappa shape index (κ3) is 15.5. The van der Waals surface area contributed by atoms with Crippen LogP contribution >= 0.6 is 0 Å². The van der Waals surface area contributed by atoms with Crippen LogP contribution in [0.15, 0.2) is 41.0 Å². The van der Waals surface area contributed by atoms with E-state index in [0.29, 0.717) is 36.8 Å². The van der Waals surface area contributed by atoms with Gasteiger partial charge in [0.15, 0.2) is 11.9 Å². The van der Waals surface area contributed by atoms with E-state index < -0.39 is 23.9 Å². The van der Waals surface area contributed by atoms with Crippen molar-refractivity contribution in [2.75, 3.05) is 53.6 Å². The Morgan fingerprint density at radius 1 is 0.938 bits per heavy atom. The molecule has 2 aromatic rings. The summed E-state index contributed by atoms with van der Waals surface area (Å²) in [6, 6.07) is 4.22. The molecule has 0 amide bonds. The molecule has 2 fully saturated rings. The SMILES string of the molecule is CC(C)COc1ccc2c(CCC3CCN(CC4OCCO4)CC3)noc2c1CN(C)C.O=C(O)/C=C/C(=O)O.O=C(O)/C=C/C(=O)O. The normalized spacial score (nSPS) is 15.9. The van der Waals surface area contributed by atoms with E-state index in [1.165, 1.54) is 12.8 Å². The zero-order valence-corrected chi connectivity index (χ0v) is 27.9. The predicted molar refractivity (Wildman–Crippen MR) is 174 cm³/mol. The lowest BCUT2D eigenvalue weighted by atomic mass is 9.91. The number of nitrogens with zero attached hydrogens (tertiary/aromatic N) is 3. The maximum atomic E-state index is 9.55. The summed E-state index contributed by atoms with van der Waals surface area (Å²) in [7, 11) is 4.14. The van der Waals surface area contributed by atoms with Gasteiger partial charge in [-0.05, 0) is 76.8 Å². The summed E-state index contributed by atoms with van der Waals surface area (Å²) < 4.78 is 23.1. The number of aryl methyl sites for hydroxylation is 1. The van der Waals surface area contributed by atoms with Crippen LogP contribution < -0.4 is 4.74 Å². The van der Waals surface area contributed by atoms with Crippen molar-refractivity contribution in [1.29, 1.82) is 0 Å². The molecule has 48 heavy (non-hydrogen) atoms. The molecule has 0 saturated carbocycles. The van der Waals surface area contributed by atoms with E-state index in [0.717, 1.165) is 86.1 Å². The fraction of sp³-hybridized carbons (Fsp3) is 0.545. The molecule has 266 valence electrons. The van der Waals surface area contributed by atoms with Gasteiger partial charge in [0.1, 0.15) is 5.75 Å². The van der Waals surface area contributed by atoms with Crippen LogP contribution in [0.5, 0.6) is 5.75 Å². The van der Waals surface area contributed by atoms with Crippen molar-refractivity contribution in [2.45, 2.75) is 52.4 Å². The van der Waals surface area contributed by atoms with Crippen LogP contribution in [0, 0.1) is 11.8 Å². The number of aromatic nitrogens is 1. The average Bonchev–Trinajstić information content (AvgIpc) is 3.69. The molecule has 3 heterocycles. The lowest BCUT2D eigenvalue weighted by Crippen LogP contribution is -2.39. The van der Waals surface area contributed by atoms with Crippen LogP contribution in [0.25, 0.3) is 11.0 Å². The van der Waals surface area contributed by atoms with Crippen LogP contribution in [0.4, 0.5) is 0 Å². The van der Waals surface area contributed by atoms with Crippen molar-refractivity contribution in [2.24, 2.45) is 11.8 Å². The highest BCUT2D eigenvalue weighted by atomic mass is 16.7. The number of carboxylic acid groups (broad SMARTS) is 4. The van der Waals surface area contributed by atoms with Gasteiger partial charge >= 0.3 is 23.9 Å². The number of carbonyl (C=O) groups is 4. The first-order chi connectivity index (χ1) is 22.7. The molecular weight excluding hydrogens is 630 g/mol. The second-order valence-corrected chi connectivity index (χ2v) is 12.0. The Bertz CT molecular complexity index is 1320. The number of hydrogen-bond donors (Lipinski definition) is 4. The number of ether oxygens (including phenoxy) is 3. The fourth-order valence-electron chi connectivity index (χ4n) is 4.94. The Morgan fingerprint density at radius 3 is 1.96 bits per heavy atom. The van der Waals surface area contributed by atoms with Crippen LogP contribution in [-0.2, 0) is 41.6 Å².